The lowest BCUT2D eigenvalue weighted by molar-refractivity contribution is -0.127. The van der Waals surface area contributed by atoms with Gasteiger partial charge in [0.05, 0.1) is 19.8 Å². The van der Waals surface area contributed by atoms with Gasteiger partial charge in [-0.3, -0.25) is 9.69 Å². The van der Waals surface area contributed by atoms with E-state index in [9.17, 15) is 4.79 Å². The number of carbonyl (C=O) groups is 1. The van der Waals surface area contributed by atoms with Crippen molar-refractivity contribution in [2.24, 2.45) is 4.99 Å². The molecule has 2 N–H and O–H groups in total. The van der Waals surface area contributed by atoms with Crippen LogP contribution in [0, 0.1) is 0 Å². The van der Waals surface area contributed by atoms with E-state index < -0.39 is 0 Å². The van der Waals surface area contributed by atoms with Crippen LogP contribution in [0.2, 0.25) is 0 Å². The number of nitrogens with zero attached hydrogens (tertiary/aromatic N) is 3. The molecule has 0 aromatic heterocycles. The van der Waals surface area contributed by atoms with Gasteiger partial charge in [0.2, 0.25) is 5.91 Å². The molecule has 1 amide bonds. The zero-order valence-corrected chi connectivity index (χ0v) is 18.1. The van der Waals surface area contributed by atoms with Crippen molar-refractivity contribution >= 4 is 11.9 Å². The van der Waals surface area contributed by atoms with Gasteiger partial charge < -0.3 is 25.0 Å². The van der Waals surface area contributed by atoms with E-state index in [1.165, 1.54) is 17.7 Å². The second-order valence-electron chi connectivity index (χ2n) is 7.25. The van der Waals surface area contributed by atoms with Crippen LogP contribution in [-0.4, -0.2) is 89.3 Å². The van der Waals surface area contributed by atoms with Gasteiger partial charge in [-0.1, -0.05) is 18.2 Å². The van der Waals surface area contributed by atoms with Crippen molar-refractivity contribution < 1.29 is 14.3 Å². The summed E-state index contributed by atoms with van der Waals surface area (Å²) >= 11 is 0. The quantitative estimate of drug-likeness (QED) is 0.345. The predicted octanol–water partition coefficient (Wildman–Crippen LogP) is 1.10. The molecule has 8 heteroatoms. The highest BCUT2D eigenvalue weighted by atomic mass is 16.5. The molecule has 1 atom stereocenters. The molecule has 0 spiro atoms. The summed E-state index contributed by atoms with van der Waals surface area (Å²) in [6.45, 7) is 4.06. The summed E-state index contributed by atoms with van der Waals surface area (Å²) in [5.41, 5.74) is 1.16. The third-order valence-electron chi connectivity index (χ3n) is 5.01. The number of benzene rings is 1. The molecule has 8 nitrogen and oxygen atoms in total. The first kappa shape index (κ1) is 23.0. The number of hydrogen-bond acceptors (Lipinski definition) is 5. The number of methoxy groups -OCH3 is 2. The summed E-state index contributed by atoms with van der Waals surface area (Å²) in [5, 5.41) is 6.65. The molecule has 2 rings (SSSR count). The Kier molecular flexibility index (Phi) is 9.73. The van der Waals surface area contributed by atoms with Crippen molar-refractivity contribution in [2.45, 2.75) is 18.9 Å². The number of aliphatic imine (C=N–C) groups is 1. The Morgan fingerprint density at radius 3 is 2.59 bits per heavy atom. The molecule has 1 aromatic carbocycles. The van der Waals surface area contributed by atoms with E-state index in [-0.39, 0.29) is 18.5 Å². The normalized spacial score (nSPS) is 15.8. The van der Waals surface area contributed by atoms with Gasteiger partial charge in [0.1, 0.15) is 12.3 Å². The average molecular weight is 406 g/mol. The second kappa shape index (κ2) is 12.3. The SMILES string of the molecule is COCCNC(=NCC(=O)N(C)C)NCC(c1ccccc1OC)N1CCCC1. The van der Waals surface area contributed by atoms with Crippen molar-refractivity contribution in [3.05, 3.63) is 29.8 Å². The highest BCUT2D eigenvalue weighted by Gasteiger charge is 2.26. The van der Waals surface area contributed by atoms with Crippen LogP contribution in [0.3, 0.4) is 0 Å². The van der Waals surface area contributed by atoms with Crippen LogP contribution in [-0.2, 0) is 9.53 Å². The molecule has 0 radical (unpaired) electrons. The number of ether oxygens (including phenoxy) is 2. The third-order valence-corrected chi connectivity index (χ3v) is 5.01. The Morgan fingerprint density at radius 1 is 1.21 bits per heavy atom. The maximum atomic E-state index is 11.9. The highest BCUT2D eigenvalue weighted by molar-refractivity contribution is 5.84. The molecule has 1 fully saturated rings. The number of nitrogens with one attached hydrogen (secondary N) is 2. The van der Waals surface area contributed by atoms with E-state index in [2.05, 4.69) is 26.6 Å². The summed E-state index contributed by atoms with van der Waals surface area (Å²) in [5.74, 6) is 1.45. The molecular formula is C21H35N5O3. The number of hydrogen-bond donors (Lipinski definition) is 2. The van der Waals surface area contributed by atoms with Gasteiger partial charge in [-0.15, -0.1) is 0 Å². The molecule has 1 aliphatic heterocycles. The first-order chi connectivity index (χ1) is 14.1. The summed E-state index contributed by atoms with van der Waals surface area (Å²) in [6, 6.07) is 8.31. The van der Waals surface area contributed by atoms with Crippen LogP contribution < -0.4 is 15.4 Å². The summed E-state index contributed by atoms with van der Waals surface area (Å²) in [7, 11) is 6.83. The molecule has 0 saturated carbocycles. The van der Waals surface area contributed by atoms with Crippen LogP contribution in [0.15, 0.2) is 29.3 Å². The second-order valence-corrected chi connectivity index (χ2v) is 7.25. The summed E-state index contributed by atoms with van der Waals surface area (Å²) < 4.78 is 10.7. The Labute approximate surface area is 174 Å². The number of rotatable bonds is 10. The fraction of sp³-hybridized carbons (Fsp3) is 0.619. The summed E-state index contributed by atoms with van der Waals surface area (Å²) in [4.78, 5) is 20.4. The monoisotopic (exact) mass is 405 g/mol. The molecule has 162 valence electrons. The van der Waals surface area contributed by atoms with Gasteiger partial charge in [-0.25, -0.2) is 4.99 Å². The highest BCUT2D eigenvalue weighted by Crippen LogP contribution is 2.31. The Hall–Kier alpha value is -2.32. The Morgan fingerprint density at radius 2 is 1.93 bits per heavy atom. The average Bonchev–Trinajstić information content (AvgIpc) is 3.26. The Bertz CT molecular complexity index is 659. The minimum Gasteiger partial charge on any atom is -0.496 e. The van der Waals surface area contributed by atoms with Gasteiger partial charge in [-0.05, 0) is 32.0 Å². The zero-order chi connectivity index (χ0) is 21.1. The smallest absolute Gasteiger partial charge is 0.243 e. The number of amides is 1. The van der Waals surface area contributed by atoms with Crippen molar-refractivity contribution in [2.75, 3.05) is 67.6 Å². The first-order valence-electron chi connectivity index (χ1n) is 10.1. The fourth-order valence-electron chi connectivity index (χ4n) is 3.36. The largest absolute Gasteiger partial charge is 0.496 e. The minimum atomic E-state index is -0.0429. The van der Waals surface area contributed by atoms with Gasteiger partial charge >= 0.3 is 0 Å². The molecular weight excluding hydrogens is 370 g/mol. The van der Waals surface area contributed by atoms with E-state index in [4.69, 9.17) is 9.47 Å². The standard InChI is InChI=1S/C21H35N5O3/c1-25(2)20(27)16-24-21(22-11-14-28-3)23-15-18(26-12-7-8-13-26)17-9-5-6-10-19(17)29-4/h5-6,9-10,18H,7-8,11-16H2,1-4H3,(H2,22,23,24). The Balaban J connectivity index is 2.13. The van der Waals surface area contributed by atoms with E-state index in [1.807, 2.05) is 18.2 Å². The summed E-state index contributed by atoms with van der Waals surface area (Å²) in [6.07, 6.45) is 2.41. The van der Waals surface area contributed by atoms with E-state index in [0.29, 0.717) is 25.7 Å². The molecule has 0 bridgehead atoms. The number of para-hydroxylation sites is 1. The van der Waals surface area contributed by atoms with Gasteiger partial charge in [0.15, 0.2) is 5.96 Å². The third kappa shape index (κ3) is 7.21. The van der Waals surface area contributed by atoms with Gasteiger partial charge in [0, 0.05) is 39.9 Å². The number of likely N-dealkylation sites (tertiary alicyclic amines) is 1. The van der Waals surface area contributed by atoms with Crippen molar-refractivity contribution in [3.8, 4) is 5.75 Å². The first-order valence-corrected chi connectivity index (χ1v) is 10.1. The van der Waals surface area contributed by atoms with Crippen LogP contribution >= 0.6 is 0 Å². The molecule has 29 heavy (non-hydrogen) atoms. The fourth-order valence-corrected chi connectivity index (χ4v) is 3.36. The van der Waals surface area contributed by atoms with Gasteiger partial charge in [-0.2, -0.15) is 0 Å². The van der Waals surface area contributed by atoms with Crippen molar-refractivity contribution in [3.63, 3.8) is 0 Å². The molecule has 1 aromatic rings. The topological polar surface area (TPSA) is 78.4 Å². The lowest BCUT2D eigenvalue weighted by Gasteiger charge is -2.30. The predicted molar refractivity (Wildman–Crippen MR) is 115 cm³/mol. The minimum absolute atomic E-state index is 0.0429. The van der Waals surface area contributed by atoms with Crippen LogP contribution in [0.25, 0.3) is 0 Å². The molecule has 1 aliphatic rings. The number of likely N-dealkylation sites (N-methyl/N-ethyl adjacent to an activating group) is 1. The maximum absolute atomic E-state index is 11.9. The lowest BCUT2D eigenvalue weighted by Crippen LogP contribution is -2.44. The molecule has 1 unspecified atom stereocenters. The zero-order valence-electron chi connectivity index (χ0n) is 18.1. The molecule has 1 saturated heterocycles. The number of guanidine groups is 1. The molecule has 0 aliphatic carbocycles. The maximum Gasteiger partial charge on any atom is 0.243 e. The van der Waals surface area contributed by atoms with E-state index in [0.717, 1.165) is 24.4 Å². The van der Waals surface area contributed by atoms with Crippen molar-refractivity contribution in [1.82, 2.24) is 20.4 Å². The van der Waals surface area contributed by atoms with Crippen molar-refractivity contribution in [1.29, 1.82) is 0 Å². The lowest BCUT2D eigenvalue weighted by atomic mass is 10.0. The van der Waals surface area contributed by atoms with E-state index in [1.54, 1.807) is 28.3 Å². The van der Waals surface area contributed by atoms with Crippen LogP contribution in [0.4, 0.5) is 0 Å². The van der Waals surface area contributed by atoms with E-state index >= 15 is 0 Å². The van der Waals surface area contributed by atoms with Gasteiger partial charge in [0.25, 0.3) is 0 Å². The number of carbonyl (C=O) groups excluding carboxylic acids is 1. The molecule has 1 heterocycles. The van der Waals surface area contributed by atoms with Crippen LogP contribution in [0.1, 0.15) is 24.4 Å². The van der Waals surface area contributed by atoms with Crippen LogP contribution in [0.5, 0.6) is 5.75 Å².